The molecule has 2 rings (SSSR count). The highest BCUT2D eigenvalue weighted by Gasteiger charge is 2.02. The van der Waals surface area contributed by atoms with Crippen LogP contribution in [0.2, 0.25) is 0 Å². The summed E-state index contributed by atoms with van der Waals surface area (Å²) in [6.45, 7) is 0. The first kappa shape index (κ1) is 11.7. The molecule has 0 fully saturated rings. The number of rotatable bonds is 3. The minimum Gasteiger partial charge on any atom is -0.493 e. The van der Waals surface area contributed by atoms with E-state index in [-0.39, 0.29) is 11.7 Å². The molecule has 6 heteroatoms. The van der Waals surface area contributed by atoms with Gasteiger partial charge in [-0.1, -0.05) is 6.07 Å². The van der Waals surface area contributed by atoms with Crippen LogP contribution in [0, 0.1) is 5.82 Å². The van der Waals surface area contributed by atoms with Gasteiger partial charge in [-0.15, -0.1) is 11.8 Å². The van der Waals surface area contributed by atoms with E-state index in [0.29, 0.717) is 11.6 Å². The number of nitrogens with one attached hydrogen (secondary N) is 1. The van der Waals surface area contributed by atoms with Crippen LogP contribution >= 0.6 is 11.8 Å². The second-order valence-electron chi connectivity index (χ2n) is 3.30. The van der Waals surface area contributed by atoms with E-state index >= 15 is 0 Å². The summed E-state index contributed by atoms with van der Waals surface area (Å²) in [5, 5.41) is 9.13. The lowest BCUT2D eigenvalue weighted by Crippen LogP contribution is -2.08. The molecular weight excluding hydrogens is 243 g/mol. The summed E-state index contributed by atoms with van der Waals surface area (Å²) in [6, 6.07) is 7.12. The quantitative estimate of drug-likeness (QED) is 0.819. The summed E-state index contributed by atoms with van der Waals surface area (Å²) >= 11 is 1.32. The van der Waals surface area contributed by atoms with Crippen LogP contribution in [0.25, 0.3) is 0 Å². The van der Waals surface area contributed by atoms with E-state index in [1.165, 1.54) is 23.9 Å². The highest BCUT2D eigenvalue weighted by Crippen LogP contribution is 2.21. The third-order valence-corrected chi connectivity index (χ3v) is 2.95. The van der Waals surface area contributed by atoms with Gasteiger partial charge >= 0.3 is 0 Å². The fourth-order valence-electron chi connectivity index (χ4n) is 1.27. The predicted octanol–water partition coefficient (Wildman–Crippen LogP) is 1.91. The van der Waals surface area contributed by atoms with Gasteiger partial charge < -0.3 is 10.1 Å². The second kappa shape index (κ2) is 5.01. The Morgan fingerprint density at radius 1 is 1.41 bits per heavy atom. The number of hydrogen-bond acceptors (Lipinski definition) is 4. The van der Waals surface area contributed by atoms with E-state index in [1.54, 1.807) is 12.1 Å². The van der Waals surface area contributed by atoms with Crippen molar-refractivity contribution in [3.63, 3.8) is 0 Å². The number of aromatic nitrogens is 2. The van der Waals surface area contributed by atoms with Crippen molar-refractivity contribution in [2.75, 3.05) is 0 Å². The first-order valence-electron chi connectivity index (χ1n) is 4.81. The number of nitrogens with zero attached hydrogens (tertiary/aromatic N) is 1. The van der Waals surface area contributed by atoms with Crippen LogP contribution in [0.1, 0.15) is 5.82 Å². The molecule has 0 atom stereocenters. The molecule has 0 bridgehead atoms. The van der Waals surface area contributed by atoms with Crippen molar-refractivity contribution >= 4 is 11.8 Å². The Labute approximate surface area is 101 Å². The Hall–Kier alpha value is -1.82. The van der Waals surface area contributed by atoms with Gasteiger partial charge in [0, 0.05) is 4.90 Å². The molecule has 2 N–H and O–H groups in total. The fourth-order valence-corrected chi connectivity index (χ4v) is 2.08. The lowest BCUT2D eigenvalue weighted by Gasteiger charge is -2.01. The highest BCUT2D eigenvalue weighted by molar-refractivity contribution is 7.98. The normalized spacial score (nSPS) is 10.4. The maximum Gasteiger partial charge on any atom is 0.254 e. The van der Waals surface area contributed by atoms with Crippen LogP contribution in [-0.4, -0.2) is 15.1 Å². The molecular formula is C11H9FN2O2S. The van der Waals surface area contributed by atoms with Crippen LogP contribution < -0.4 is 5.56 Å². The van der Waals surface area contributed by atoms with Crippen LogP contribution in [0.3, 0.4) is 0 Å². The molecule has 4 nitrogen and oxygen atoms in total. The average Bonchev–Trinajstić information content (AvgIpc) is 2.25. The zero-order valence-electron chi connectivity index (χ0n) is 8.68. The van der Waals surface area contributed by atoms with E-state index in [4.69, 9.17) is 5.11 Å². The molecule has 0 spiro atoms. The fraction of sp³-hybridized carbons (Fsp3) is 0.0909. The van der Waals surface area contributed by atoms with Crippen molar-refractivity contribution in [2.24, 2.45) is 0 Å². The molecule has 1 heterocycles. The van der Waals surface area contributed by atoms with Crippen LogP contribution in [0.15, 0.2) is 40.0 Å². The molecule has 0 aliphatic heterocycles. The Bertz CT molecular complexity index is 586. The summed E-state index contributed by atoms with van der Waals surface area (Å²) in [6.07, 6.45) is 0. The molecule has 1 aromatic carbocycles. The predicted molar refractivity (Wildman–Crippen MR) is 62.5 cm³/mol. The second-order valence-corrected chi connectivity index (χ2v) is 4.35. The third-order valence-electron chi connectivity index (χ3n) is 1.95. The molecule has 88 valence electrons. The van der Waals surface area contributed by atoms with Crippen molar-refractivity contribution in [3.8, 4) is 5.88 Å². The number of hydrogen-bond donors (Lipinski definition) is 2. The van der Waals surface area contributed by atoms with Gasteiger partial charge in [-0.2, -0.15) is 4.98 Å². The molecule has 1 aromatic heterocycles. The molecule has 0 unspecified atom stereocenters. The maximum atomic E-state index is 12.9. The summed E-state index contributed by atoms with van der Waals surface area (Å²) < 4.78 is 12.9. The van der Waals surface area contributed by atoms with E-state index in [9.17, 15) is 9.18 Å². The SMILES string of the molecule is O=c1cc(O)nc(CSc2cccc(F)c2)[nH]1. The molecule has 0 aliphatic rings. The van der Waals surface area contributed by atoms with Crippen LogP contribution in [0.5, 0.6) is 5.88 Å². The Morgan fingerprint density at radius 2 is 2.24 bits per heavy atom. The van der Waals surface area contributed by atoms with Crippen molar-refractivity contribution in [1.29, 1.82) is 0 Å². The standard InChI is InChI=1S/C11H9FN2O2S/c12-7-2-1-3-8(4-7)17-6-9-13-10(15)5-11(16)14-9/h1-5H,6H2,(H2,13,14,15,16). The van der Waals surface area contributed by atoms with Gasteiger partial charge in [0.05, 0.1) is 11.8 Å². The maximum absolute atomic E-state index is 12.9. The van der Waals surface area contributed by atoms with Crippen molar-refractivity contribution in [1.82, 2.24) is 9.97 Å². The van der Waals surface area contributed by atoms with Gasteiger partial charge in [0.15, 0.2) is 0 Å². The molecule has 0 aliphatic carbocycles. The van der Waals surface area contributed by atoms with E-state index < -0.39 is 5.56 Å². The summed E-state index contributed by atoms with van der Waals surface area (Å²) in [4.78, 5) is 18.0. The first-order chi connectivity index (χ1) is 8.13. The van der Waals surface area contributed by atoms with Crippen molar-refractivity contribution in [2.45, 2.75) is 10.6 Å². The number of benzene rings is 1. The van der Waals surface area contributed by atoms with Gasteiger partial charge in [-0.3, -0.25) is 4.79 Å². The zero-order chi connectivity index (χ0) is 12.3. The minimum atomic E-state index is -0.410. The Kier molecular flexibility index (Phi) is 3.43. The average molecular weight is 252 g/mol. The van der Waals surface area contributed by atoms with E-state index in [0.717, 1.165) is 11.0 Å². The largest absolute Gasteiger partial charge is 0.493 e. The third kappa shape index (κ3) is 3.32. The van der Waals surface area contributed by atoms with Crippen LogP contribution in [0.4, 0.5) is 4.39 Å². The number of thioether (sulfide) groups is 1. The minimum absolute atomic E-state index is 0.313. The van der Waals surface area contributed by atoms with Gasteiger partial charge in [0.25, 0.3) is 5.56 Å². The Balaban J connectivity index is 2.09. The smallest absolute Gasteiger partial charge is 0.254 e. The van der Waals surface area contributed by atoms with Gasteiger partial charge in [0.1, 0.15) is 11.6 Å². The molecule has 2 aromatic rings. The molecule has 0 amide bonds. The molecule has 0 radical (unpaired) electrons. The summed E-state index contributed by atoms with van der Waals surface area (Å²) in [5.41, 5.74) is -0.410. The summed E-state index contributed by atoms with van der Waals surface area (Å²) in [5.74, 6) is 0.0767. The number of H-pyrrole nitrogens is 1. The van der Waals surface area contributed by atoms with Gasteiger partial charge in [-0.05, 0) is 18.2 Å². The van der Waals surface area contributed by atoms with Gasteiger partial charge in [-0.25, -0.2) is 4.39 Å². The van der Waals surface area contributed by atoms with Crippen molar-refractivity contribution in [3.05, 3.63) is 52.3 Å². The lowest BCUT2D eigenvalue weighted by molar-refractivity contribution is 0.449. The monoisotopic (exact) mass is 252 g/mol. The van der Waals surface area contributed by atoms with Crippen LogP contribution in [-0.2, 0) is 5.75 Å². The Morgan fingerprint density at radius 3 is 2.94 bits per heavy atom. The topological polar surface area (TPSA) is 66.0 Å². The number of aromatic hydroxyl groups is 1. The molecule has 17 heavy (non-hydrogen) atoms. The first-order valence-corrected chi connectivity index (χ1v) is 5.79. The van der Waals surface area contributed by atoms with Gasteiger partial charge in [0.2, 0.25) is 5.88 Å². The zero-order valence-corrected chi connectivity index (χ0v) is 9.50. The van der Waals surface area contributed by atoms with E-state index in [1.807, 2.05) is 0 Å². The number of halogens is 1. The van der Waals surface area contributed by atoms with Crippen molar-refractivity contribution < 1.29 is 9.50 Å². The lowest BCUT2D eigenvalue weighted by atomic mass is 10.4. The summed E-state index contributed by atoms with van der Waals surface area (Å²) in [7, 11) is 0. The number of aromatic amines is 1. The molecule has 0 saturated heterocycles. The van der Waals surface area contributed by atoms with E-state index in [2.05, 4.69) is 9.97 Å². The molecule has 0 saturated carbocycles. The highest BCUT2D eigenvalue weighted by atomic mass is 32.2.